The van der Waals surface area contributed by atoms with Crippen LogP contribution in [-0.4, -0.2) is 28.4 Å². The van der Waals surface area contributed by atoms with Crippen molar-refractivity contribution in [1.29, 1.82) is 0 Å². The first-order valence-corrected chi connectivity index (χ1v) is 9.49. The highest BCUT2D eigenvalue weighted by molar-refractivity contribution is 9.08. The molecule has 0 unspecified atom stereocenters. The molecular weight excluding hydrogens is 440 g/mol. The zero-order valence-electron chi connectivity index (χ0n) is 14.1. The highest BCUT2D eigenvalue weighted by Gasteiger charge is 2.21. The maximum atomic E-state index is 5.64. The van der Waals surface area contributed by atoms with Crippen LogP contribution in [0.25, 0.3) is 11.1 Å². The van der Waals surface area contributed by atoms with Gasteiger partial charge in [-0.3, -0.25) is 0 Å². The molecule has 2 aromatic carbocycles. The third kappa shape index (κ3) is 3.64. The van der Waals surface area contributed by atoms with Gasteiger partial charge >= 0.3 is 0 Å². The smallest absolute Gasteiger partial charge is 0.130 e. The van der Waals surface area contributed by atoms with Crippen LogP contribution in [0, 0.1) is 0 Å². The van der Waals surface area contributed by atoms with Crippen LogP contribution in [0.4, 0.5) is 0 Å². The Bertz CT molecular complexity index is 605. The summed E-state index contributed by atoms with van der Waals surface area (Å²) in [5.41, 5.74) is 4.06. The van der Waals surface area contributed by atoms with Gasteiger partial charge in [-0.1, -0.05) is 31.9 Å². The monoisotopic (exact) mass is 458 g/mol. The van der Waals surface area contributed by atoms with Crippen molar-refractivity contribution >= 4 is 31.9 Å². The fourth-order valence-corrected chi connectivity index (χ4v) is 3.51. The number of ether oxygens (including phenoxy) is 4. The van der Waals surface area contributed by atoms with Crippen LogP contribution in [0.3, 0.4) is 0 Å². The molecule has 2 aromatic rings. The Morgan fingerprint density at radius 3 is 1.25 bits per heavy atom. The van der Waals surface area contributed by atoms with Crippen molar-refractivity contribution in [2.45, 2.75) is 10.7 Å². The summed E-state index contributed by atoms with van der Waals surface area (Å²) in [5, 5.41) is 1.32. The van der Waals surface area contributed by atoms with Crippen LogP contribution in [0.1, 0.15) is 11.1 Å². The van der Waals surface area contributed by atoms with Gasteiger partial charge in [0, 0.05) is 33.9 Å². The van der Waals surface area contributed by atoms with E-state index in [4.69, 9.17) is 18.9 Å². The van der Waals surface area contributed by atoms with E-state index in [0.29, 0.717) is 10.7 Å². The van der Waals surface area contributed by atoms with Crippen LogP contribution in [0.5, 0.6) is 23.0 Å². The zero-order valence-corrected chi connectivity index (χ0v) is 17.3. The van der Waals surface area contributed by atoms with Gasteiger partial charge in [0.05, 0.1) is 28.4 Å². The van der Waals surface area contributed by atoms with Gasteiger partial charge in [-0.25, -0.2) is 0 Å². The first kappa shape index (κ1) is 18.9. The van der Waals surface area contributed by atoms with Gasteiger partial charge in [0.15, 0.2) is 0 Å². The first-order valence-electron chi connectivity index (χ1n) is 7.25. The summed E-state index contributed by atoms with van der Waals surface area (Å²) >= 11 is 7.13. The standard InChI is InChI=1S/C18H20Br2O4/c1-21-13-5-11(9-19)17(15(7-13)23-3)18-12(10-20)6-14(22-2)8-16(18)24-4/h5-8H,9-10H2,1-4H3. The number of hydrogen-bond donors (Lipinski definition) is 0. The summed E-state index contributed by atoms with van der Waals surface area (Å²) < 4.78 is 22.0. The molecule has 2 rings (SSSR count). The van der Waals surface area contributed by atoms with E-state index in [1.165, 1.54) is 0 Å². The number of hydrogen-bond acceptors (Lipinski definition) is 4. The Hall–Kier alpha value is -1.40. The topological polar surface area (TPSA) is 36.9 Å². The van der Waals surface area contributed by atoms with E-state index in [2.05, 4.69) is 31.9 Å². The first-order chi connectivity index (χ1) is 11.6. The van der Waals surface area contributed by atoms with Gasteiger partial charge < -0.3 is 18.9 Å². The normalized spacial score (nSPS) is 10.4. The highest BCUT2D eigenvalue weighted by Crippen LogP contribution is 2.46. The van der Waals surface area contributed by atoms with Gasteiger partial charge in [-0.05, 0) is 23.3 Å². The maximum absolute atomic E-state index is 5.64. The minimum Gasteiger partial charge on any atom is -0.497 e. The minimum atomic E-state index is 0.660. The zero-order chi connectivity index (χ0) is 17.7. The lowest BCUT2D eigenvalue weighted by atomic mass is 9.94. The molecule has 0 aliphatic heterocycles. The summed E-state index contributed by atoms with van der Waals surface area (Å²) in [7, 11) is 6.59. The largest absolute Gasteiger partial charge is 0.497 e. The second-order valence-electron chi connectivity index (χ2n) is 4.99. The van der Waals surface area contributed by atoms with Crippen LogP contribution < -0.4 is 18.9 Å². The van der Waals surface area contributed by atoms with E-state index < -0.39 is 0 Å². The van der Waals surface area contributed by atoms with Gasteiger partial charge in [0.1, 0.15) is 23.0 Å². The van der Waals surface area contributed by atoms with Gasteiger partial charge in [0.2, 0.25) is 0 Å². The molecule has 0 aliphatic carbocycles. The minimum absolute atomic E-state index is 0.660. The molecule has 24 heavy (non-hydrogen) atoms. The van der Waals surface area contributed by atoms with Crippen molar-refractivity contribution in [3.8, 4) is 34.1 Å². The second kappa shape index (κ2) is 8.62. The van der Waals surface area contributed by atoms with E-state index in [9.17, 15) is 0 Å². The highest BCUT2D eigenvalue weighted by atomic mass is 79.9. The summed E-state index contributed by atoms with van der Waals surface area (Å²) in [6.45, 7) is 0. The van der Waals surface area contributed by atoms with Crippen molar-refractivity contribution in [1.82, 2.24) is 0 Å². The lowest BCUT2D eigenvalue weighted by molar-refractivity contribution is 0.390. The Labute approximate surface area is 159 Å². The molecule has 0 amide bonds. The number of benzene rings is 2. The molecule has 0 atom stereocenters. The fourth-order valence-electron chi connectivity index (χ4n) is 2.63. The lowest BCUT2D eigenvalue weighted by Gasteiger charge is -2.20. The molecule has 0 spiro atoms. The lowest BCUT2D eigenvalue weighted by Crippen LogP contribution is -2.00. The van der Waals surface area contributed by atoms with E-state index in [1.807, 2.05) is 24.3 Å². The molecule has 0 aliphatic rings. The predicted molar refractivity (Wildman–Crippen MR) is 103 cm³/mol. The summed E-state index contributed by atoms with van der Waals surface area (Å²) in [6, 6.07) is 7.74. The predicted octanol–water partition coefficient (Wildman–Crippen LogP) is 5.18. The Kier molecular flexibility index (Phi) is 6.80. The van der Waals surface area contributed by atoms with E-state index in [1.54, 1.807) is 28.4 Å². The van der Waals surface area contributed by atoms with Crippen LogP contribution in [-0.2, 0) is 10.7 Å². The molecule has 6 heteroatoms. The third-order valence-corrected chi connectivity index (χ3v) is 4.97. The molecule has 4 nitrogen and oxygen atoms in total. The molecular formula is C18H20Br2O4. The molecule has 0 aromatic heterocycles. The summed E-state index contributed by atoms with van der Waals surface area (Å²) in [5.74, 6) is 2.96. The summed E-state index contributed by atoms with van der Waals surface area (Å²) in [6.07, 6.45) is 0. The van der Waals surface area contributed by atoms with E-state index >= 15 is 0 Å². The SMILES string of the molecule is COc1cc(CBr)c(-c2c(CBr)cc(OC)cc2OC)c(OC)c1. The average Bonchev–Trinajstić information content (AvgIpc) is 2.65. The molecule has 130 valence electrons. The van der Waals surface area contributed by atoms with E-state index in [-0.39, 0.29) is 0 Å². The van der Waals surface area contributed by atoms with E-state index in [0.717, 1.165) is 45.3 Å². The number of rotatable bonds is 7. The van der Waals surface area contributed by atoms with Crippen molar-refractivity contribution < 1.29 is 18.9 Å². The molecule has 0 fully saturated rings. The van der Waals surface area contributed by atoms with Gasteiger partial charge in [0.25, 0.3) is 0 Å². The van der Waals surface area contributed by atoms with Gasteiger partial charge in [-0.15, -0.1) is 0 Å². The third-order valence-electron chi connectivity index (χ3n) is 3.76. The molecule has 0 saturated carbocycles. The van der Waals surface area contributed by atoms with Gasteiger partial charge in [-0.2, -0.15) is 0 Å². The van der Waals surface area contributed by atoms with Crippen LogP contribution in [0.15, 0.2) is 24.3 Å². The quantitative estimate of drug-likeness (QED) is 0.534. The second-order valence-corrected chi connectivity index (χ2v) is 6.12. The molecule has 0 bridgehead atoms. The summed E-state index contributed by atoms with van der Waals surface area (Å²) in [4.78, 5) is 0. The average molecular weight is 460 g/mol. The van der Waals surface area contributed by atoms with Crippen molar-refractivity contribution in [3.05, 3.63) is 35.4 Å². The Balaban J connectivity index is 2.84. The molecule has 0 saturated heterocycles. The van der Waals surface area contributed by atoms with Crippen LogP contribution >= 0.6 is 31.9 Å². The number of halogens is 2. The fraction of sp³-hybridized carbons (Fsp3) is 0.333. The molecule has 0 radical (unpaired) electrons. The maximum Gasteiger partial charge on any atom is 0.130 e. The molecule has 0 heterocycles. The Morgan fingerprint density at radius 2 is 1.00 bits per heavy atom. The molecule has 0 N–H and O–H groups in total. The number of alkyl halides is 2. The van der Waals surface area contributed by atoms with Crippen molar-refractivity contribution in [2.75, 3.05) is 28.4 Å². The number of methoxy groups -OCH3 is 4. The Morgan fingerprint density at radius 1 is 0.625 bits per heavy atom. The van der Waals surface area contributed by atoms with Crippen molar-refractivity contribution in [3.63, 3.8) is 0 Å². The van der Waals surface area contributed by atoms with Crippen LogP contribution in [0.2, 0.25) is 0 Å². The van der Waals surface area contributed by atoms with Crippen molar-refractivity contribution in [2.24, 2.45) is 0 Å².